The van der Waals surface area contributed by atoms with Crippen molar-refractivity contribution in [3.63, 3.8) is 0 Å². The third-order valence-corrected chi connectivity index (χ3v) is 4.04. The molecule has 1 saturated heterocycles. The Bertz CT molecular complexity index is 577. The maximum atomic E-state index is 9.21. The number of nitrogens with zero attached hydrogens (tertiary/aromatic N) is 2. The smallest absolute Gasteiger partial charge is 0.0460 e. The topological polar surface area (TPSA) is 62.4 Å². The molecular weight excluding hydrogens is 238 g/mol. The zero-order chi connectivity index (χ0) is 13.2. The van der Waals surface area contributed by atoms with Crippen LogP contribution in [-0.2, 0) is 0 Å². The number of fused-ring (bicyclic) bond motifs is 1. The van der Waals surface area contributed by atoms with Crippen LogP contribution in [0.1, 0.15) is 12.8 Å². The SMILES string of the molecule is Nc1ccc(N2CCC(CO)CC2)c2ccncc12. The van der Waals surface area contributed by atoms with Crippen LogP contribution in [0.15, 0.2) is 30.6 Å². The largest absolute Gasteiger partial charge is 0.398 e. The number of nitrogens with two attached hydrogens (primary N) is 1. The van der Waals surface area contributed by atoms with E-state index in [4.69, 9.17) is 5.73 Å². The zero-order valence-corrected chi connectivity index (χ0v) is 10.9. The first-order valence-electron chi connectivity index (χ1n) is 6.77. The molecule has 3 N–H and O–H groups in total. The molecule has 0 bridgehead atoms. The van der Waals surface area contributed by atoms with E-state index in [0.717, 1.165) is 42.4 Å². The molecule has 19 heavy (non-hydrogen) atoms. The first-order valence-corrected chi connectivity index (χ1v) is 6.77. The van der Waals surface area contributed by atoms with Gasteiger partial charge in [0.2, 0.25) is 0 Å². The summed E-state index contributed by atoms with van der Waals surface area (Å²) in [6.07, 6.45) is 5.74. The minimum Gasteiger partial charge on any atom is -0.398 e. The zero-order valence-electron chi connectivity index (χ0n) is 10.9. The van der Waals surface area contributed by atoms with Crippen molar-refractivity contribution in [1.82, 2.24) is 4.98 Å². The molecule has 4 heteroatoms. The molecule has 0 saturated carbocycles. The molecule has 3 rings (SSSR count). The van der Waals surface area contributed by atoms with E-state index in [1.165, 1.54) is 5.69 Å². The molecule has 1 fully saturated rings. The van der Waals surface area contributed by atoms with Gasteiger partial charge in [0, 0.05) is 54.2 Å². The van der Waals surface area contributed by atoms with Gasteiger partial charge in [-0.3, -0.25) is 4.98 Å². The van der Waals surface area contributed by atoms with Crippen molar-refractivity contribution >= 4 is 22.1 Å². The van der Waals surface area contributed by atoms with Crippen molar-refractivity contribution in [3.05, 3.63) is 30.6 Å². The van der Waals surface area contributed by atoms with Crippen LogP contribution in [-0.4, -0.2) is 29.8 Å². The summed E-state index contributed by atoms with van der Waals surface area (Å²) in [6, 6.07) is 6.08. The molecule has 2 heterocycles. The van der Waals surface area contributed by atoms with E-state index < -0.39 is 0 Å². The lowest BCUT2D eigenvalue weighted by atomic mass is 9.96. The summed E-state index contributed by atoms with van der Waals surface area (Å²) in [5.74, 6) is 0.456. The molecule has 4 nitrogen and oxygen atoms in total. The number of anilines is 2. The predicted molar refractivity (Wildman–Crippen MR) is 78.2 cm³/mol. The third kappa shape index (κ3) is 2.24. The minimum atomic E-state index is 0.306. The van der Waals surface area contributed by atoms with E-state index in [1.807, 2.05) is 24.5 Å². The van der Waals surface area contributed by atoms with Crippen molar-refractivity contribution in [2.75, 3.05) is 30.3 Å². The number of piperidine rings is 1. The Morgan fingerprint density at radius 2 is 2.00 bits per heavy atom. The van der Waals surface area contributed by atoms with Crippen LogP contribution in [0.2, 0.25) is 0 Å². The predicted octanol–water partition coefficient (Wildman–Crippen LogP) is 2.03. The molecule has 0 unspecified atom stereocenters. The second-order valence-corrected chi connectivity index (χ2v) is 5.21. The quantitative estimate of drug-likeness (QED) is 0.808. The maximum absolute atomic E-state index is 9.21. The first kappa shape index (κ1) is 12.2. The summed E-state index contributed by atoms with van der Waals surface area (Å²) >= 11 is 0. The van der Waals surface area contributed by atoms with Crippen molar-refractivity contribution in [3.8, 4) is 0 Å². The van der Waals surface area contributed by atoms with Gasteiger partial charge in [-0.05, 0) is 37.0 Å². The number of hydrogen-bond donors (Lipinski definition) is 2. The van der Waals surface area contributed by atoms with Gasteiger partial charge >= 0.3 is 0 Å². The van der Waals surface area contributed by atoms with Gasteiger partial charge in [-0.1, -0.05) is 0 Å². The van der Waals surface area contributed by atoms with Crippen molar-refractivity contribution in [2.45, 2.75) is 12.8 Å². The normalized spacial score (nSPS) is 17.0. The maximum Gasteiger partial charge on any atom is 0.0460 e. The highest BCUT2D eigenvalue weighted by molar-refractivity contribution is 6.00. The van der Waals surface area contributed by atoms with Crippen molar-refractivity contribution in [1.29, 1.82) is 0 Å². The molecule has 1 aliphatic rings. The van der Waals surface area contributed by atoms with Crippen LogP contribution in [0.3, 0.4) is 0 Å². The standard InChI is InChI=1S/C15H19N3O/c16-14-1-2-15(12-3-6-17-9-13(12)14)18-7-4-11(10-19)5-8-18/h1-3,6,9,11,19H,4-5,7-8,10,16H2. The molecule has 0 aliphatic carbocycles. The minimum absolute atomic E-state index is 0.306. The Morgan fingerprint density at radius 3 is 2.74 bits per heavy atom. The number of aromatic nitrogens is 1. The van der Waals surface area contributed by atoms with E-state index in [2.05, 4.69) is 16.0 Å². The van der Waals surface area contributed by atoms with Crippen LogP contribution < -0.4 is 10.6 Å². The fourth-order valence-electron chi connectivity index (χ4n) is 2.83. The fraction of sp³-hybridized carbons (Fsp3) is 0.400. The molecule has 1 aromatic heterocycles. The highest BCUT2D eigenvalue weighted by Gasteiger charge is 2.20. The number of aliphatic hydroxyl groups is 1. The molecule has 0 atom stereocenters. The number of hydrogen-bond acceptors (Lipinski definition) is 4. The van der Waals surface area contributed by atoms with Gasteiger partial charge in [-0.15, -0.1) is 0 Å². The lowest BCUT2D eigenvalue weighted by molar-refractivity contribution is 0.203. The monoisotopic (exact) mass is 257 g/mol. The number of rotatable bonds is 2. The summed E-state index contributed by atoms with van der Waals surface area (Å²) in [6.45, 7) is 2.29. The van der Waals surface area contributed by atoms with E-state index in [1.54, 1.807) is 0 Å². The van der Waals surface area contributed by atoms with E-state index >= 15 is 0 Å². The fourth-order valence-corrected chi connectivity index (χ4v) is 2.83. The first-order chi connectivity index (χ1) is 9.29. The molecule has 100 valence electrons. The number of benzene rings is 1. The van der Waals surface area contributed by atoms with E-state index in [0.29, 0.717) is 12.5 Å². The van der Waals surface area contributed by atoms with Crippen LogP contribution in [0.4, 0.5) is 11.4 Å². The summed E-state index contributed by atoms with van der Waals surface area (Å²) in [5.41, 5.74) is 8.01. The Balaban J connectivity index is 1.95. The third-order valence-electron chi connectivity index (χ3n) is 4.04. The van der Waals surface area contributed by atoms with Crippen LogP contribution in [0.25, 0.3) is 10.8 Å². The van der Waals surface area contributed by atoms with Crippen LogP contribution >= 0.6 is 0 Å². The van der Waals surface area contributed by atoms with E-state index in [9.17, 15) is 5.11 Å². The van der Waals surface area contributed by atoms with Gasteiger partial charge in [0.05, 0.1) is 0 Å². The second-order valence-electron chi connectivity index (χ2n) is 5.21. The lowest BCUT2D eigenvalue weighted by Crippen LogP contribution is -2.34. The van der Waals surface area contributed by atoms with Gasteiger partial charge in [-0.2, -0.15) is 0 Å². The molecule has 2 aromatic rings. The Hall–Kier alpha value is -1.81. The second kappa shape index (κ2) is 5.05. The highest BCUT2D eigenvalue weighted by atomic mass is 16.3. The van der Waals surface area contributed by atoms with Crippen LogP contribution in [0, 0.1) is 5.92 Å². The summed E-state index contributed by atoms with van der Waals surface area (Å²) in [5, 5.41) is 11.4. The van der Waals surface area contributed by atoms with Gasteiger partial charge in [0.25, 0.3) is 0 Å². The number of aliphatic hydroxyl groups excluding tert-OH is 1. The molecule has 1 aromatic carbocycles. The molecule has 0 radical (unpaired) electrons. The van der Waals surface area contributed by atoms with Crippen molar-refractivity contribution in [2.24, 2.45) is 5.92 Å². The number of nitrogen functional groups attached to an aromatic ring is 1. The summed E-state index contributed by atoms with van der Waals surface area (Å²) in [7, 11) is 0. The Labute approximate surface area is 112 Å². The lowest BCUT2D eigenvalue weighted by Gasteiger charge is -2.33. The van der Waals surface area contributed by atoms with Gasteiger partial charge < -0.3 is 15.7 Å². The molecular formula is C15H19N3O. The van der Waals surface area contributed by atoms with Gasteiger partial charge in [0.1, 0.15) is 0 Å². The van der Waals surface area contributed by atoms with Crippen LogP contribution in [0.5, 0.6) is 0 Å². The summed E-state index contributed by atoms with van der Waals surface area (Å²) in [4.78, 5) is 6.54. The Morgan fingerprint density at radius 1 is 1.21 bits per heavy atom. The van der Waals surface area contributed by atoms with Crippen molar-refractivity contribution < 1.29 is 5.11 Å². The molecule has 0 spiro atoms. The van der Waals surface area contributed by atoms with E-state index in [-0.39, 0.29) is 0 Å². The number of pyridine rings is 1. The average molecular weight is 257 g/mol. The molecule has 1 aliphatic heterocycles. The van der Waals surface area contributed by atoms with Gasteiger partial charge in [-0.25, -0.2) is 0 Å². The summed E-state index contributed by atoms with van der Waals surface area (Å²) < 4.78 is 0. The van der Waals surface area contributed by atoms with Gasteiger partial charge in [0.15, 0.2) is 0 Å². The Kier molecular flexibility index (Phi) is 3.25. The molecule has 0 amide bonds. The average Bonchev–Trinajstić information content (AvgIpc) is 2.48. The highest BCUT2D eigenvalue weighted by Crippen LogP contribution is 2.32.